The molecule has 2 aliphatic carbocycles. The monoisotopic (exact) mass is 569 g/mol. The number of hydrogen-bond acceptors (Lipinski definition) is 6. The number of aliphatic hydroxyl groups excluding tert-OH is 1. The van der Waals surface area contributed by atoms with E-state index in [1.54, 1.807) is 0 Å². The van der Waals surface area contributed by atoms with Gasteiger partial charge in [0.05, 0.1) is 23.8 Å². The van der Waals surface area contributed by atoms with Crippen LogP contribution in [0.1, 0.15) is 90.5 Å². The number of nitrogens with zero attached hydrogens (tertiary/aromatic N) is 1. The minimum atomic E-state index is -0.860. The molecule has 228 valence electrons. The number of alkyl carbamates (subject to hydrolysis) is 1. The Kier molecular flexibility index (Phi) is 9.61. The van der Waals surface area contributed by atoms with Gasteiger partial charge in [-0.2, -0.15) is 0 Å². The lowest BCUT2D eigenvalue weighted by molar-refractivity contribution is -0.132. The van der Waals surface area contributed by atoms with Crippen LogP contribution in [0.2, 0.25) is 0 Å². The molecule has 1 spiro atoms. The highest BCUT2D eigenvalue weighted by Crippen LogP contribution is 2.42. The van der Waals surface area contributed by atoms with Crippen molar-refractivity contribution in [1.82, 2.24) is 15.5 Å². The number of rotatable bonds is 8. The molecule has 0 bridgehead atoms. The summed E-state index contributed by atoms with van der Waals surface area (Å²) in [7, 11) is 0. The summed E-state index contributed by atoms with van der Waals surface area (Å²) >= 11 is 0. The van der Waals surface area contributed by atoms with Crippen LogP contribution in [0.25, 0.3) is 0 Å². The fraction of sp³-hybridized carbons (Fsp3) is 0.758. The number of aliphatic hydroxyl groups is 1. The molecule has 3 N–H and O–H groups in total. The molecule has 1 aromatic carbocycles. The minimum Gasteiger partial charge on any atom is -0.446 e. The molecule has 41 heavy (non-hydrogen) atoms. The third-order valence-electron chi connectivity index (χ3n) is 9.77. The van der Waals surface area contributed by atoms with E-state index in [0.29, 0.717) is 24.8 Å². The molecule has 2 amide bonds. The highest BCUT2D eigenvalue weighted by molar-refractivity contribution is 5.82. The Morgan fingerprint density at radius 2 is 1.85 bits per heavy atom. The number of piperidine rings is 1. The summed E-state index contributed by atoms with van der Waals surface area (Å²) in [6, 6.07) is 9.10. The van der Waals surface area contributed by atoms with Crippen LogP contribution in [0.4, 0.5) is 4.79 Å². The van der Waals surface area contributed by atoms with Gasteiger partial charge < -0.3 is 25.2 Å². The van der Waals surface area contributed by atoms with E-state index < -0.39 is 18.2 Å². The molecular formula is C33H51N3O5. The number of β-amino-alcohol motifs (C(OH)–C–C–N with tert-alkyl or cyclic N) is 1. The second-order valence-electron chi connectivity index (χ2n) is 14.2. The van der Waals surface area contributed by atoms with E-state index in [-0.39, 0.29) is 29.2 Å². The van der Waals surface area contributed by atoms with Crippen LogP contribution in [-0.4, -0.2) is 77.1 Å². The van der Waals surface area contributed by atoms with E-state index in [1.165, 1.54) is 25.7 Å². The van der Waals surface area contributed by atoms with Crippen molar-refractivity contribution in [3.63, 3.8) is 0 Å². The first-order valence-electron chi connectivity index (χ1n) is 16.0. The Labute approximate surface area is 245 Å². The normalized spacial score (nSPS) is 31.8. The standard InChI is InChI=1S/C33H51N3O5/c1-32(2,3)35-30(38)28-19-24-12-7-8-13-25(24)21-36(28)22-29(37)27(18-23-10-5-4-6-11-23)34-31(39)41-26-14-16-33(20-26)15-9-17-40-33/h4-6,10-11,24-29,37H,7-9,12-22H2,1-3H3,(H,34,39)(H,35,38)/t24-,25+,26-,27-,28-,29+,33?/m0/s1. The number of carbonyl (C=O) groups excluding carboxylic acids is 2. The third kappa shape index (κ3) is 8.02. The SMILES string of the molecule is CC(C)(C)NC(=O)[C@@H]1C[C@@H]2CCCC[C@@H]2CN1C[C@@H](O)[C@H](Cc1ccccc1)NC(=O)O[C@H]1CCC2(CCCO2)C1. The highest BCUT2D eigenvalue weighted by Gasteiger charge is 2.45. The smallest absolute Gasteiger partial charge is 0.407 e. The van der Waals surface area contributed by atoms with Crippen LogP contribution in [0.3, 0.4) is 0 Å². The third-order valence-corrected chi connectivity index (χ3v) is 9.77. The number of benzene rings is 1. The van der Waals surface area contributed by atoms with Crippen molar-refractivity contribution in [2.24, 2.45) is 11.8 Å². The molecule has 1 aromatic rings. The second-order valence-corrected chi connectivity index (χ2v) is 14.2. The molecule has 0 aromatic heterocycles. The van der Waals surface area contributed by atoms with Gasteiger partial charge >= 0.3 is 6.09 Å². The maximum atomic E-state index is 13.5. The number of hydrogen-bond donors (Lipinski definition) is 3. The molecular weight excluding hydrogens is 518 g/mol. The zero-order chi connectivity index (χ0) is 29.0. The van der Waals surface area contributed by atoms with Crippen LogP contribution in [0.15, 0.2) is 30.3 Å². The molecule has 2 saturated heterocycles. The Hall–Kier alpha value is -2.16. The zero-order valence-electron chi connectivity index (χ0n) is 25.3. The summed E-state index contributed by atoms with van der Waals surface area (Å²) < 4.78 is 11.9. The minimum absolute atomic E-state index is 0.0324. The van der Waals surface area contributed by atoms with E-state index in [4.69, 9.17) is 9.47 Å². The first-order chi connectivity index (χ1) is 19.6. The summed E-state index contributed by atoms with van der Waals surface area (Å²) in [5.74, 6) is 1.14. The van der Waals surface area contributed by atoms with Gasteiger partial charge in [-0.05, 0) is 83.1 Å². The van der Waals surface area contributed by atoms with Gasteiger partial charge in [-0.1, -0.05) is 49.6 Å². The Balaban J connectivity index is 1.27. The summed E-state index contributed by atoms with van der Waals surface area (Å²) in [5.41, 5.74) is 0.583. The predicted molar refractivity (Wildman–Crippen MR) is 158 cm³/mol. The first kappa shape index (κ1) is 30.3. The van der Waals surface area contributed by atoms with Gasteiger partial charge in [0.15, 0.2) is 0 Å². The lowest BCUT2D eigenvalue weighted by atomic mass is 9.72. The predicted octanol–water partition coefficient (Wildman–Crippen LogP) is 4.58. The molecule has 0 radical (unpaired) electrons. The lowest BCUT2D eigenvalue weighted by Crippen LogP contribution is -2.60. The van der Waals surface area contributed by atoms with E-state index >= 15 is 0 Å². The molecule has 2 saturated carbocycles. The van der Waals surface area contributed by atoms with Gasteiger partial charge in [-0.3, -0.25) is 9.69 Å². The molecule has 2 heterocycles. The van der Waals surface area contributed by atoms with E-state index in [9.17, 15) is 14.7 Å². The van der Waals surface area contributed by atoms with E-state index in [0.717, 1.165) is 57.2 Å². The maximum Gasteiger partial charge on any atom is 0.407 e. The largest absolute Gasteiger partial charge is 0.446 e. The van der Waals surface area contributed by atoms with Crippen molar-refractivity contribution in [2.75, 3.05) is 19.7 Å². The number of nitrogens with one attached hydrogen (secondary N) is 2. The summed E-state index contributed by atoms with van der Waals surface area (Å²) in [6.45, 7) is 7.93. The molecule has 1 unspecified atom stereocenters. The maximum absolute atomic E-state index is 13.5. The van der Waals surface area contributed by atoms with Crippen molar-refractivity contribution in [3.8, 4) is 0 Å². The molecule has 4 aliphatic rings. The van der Waals surface area contributed by atoms with Crippen molar-refractivity contribution in [2.45, 2.75) is 127 Å². The molecule has 2 aliphatic heterocycles. The summed E-state index contributed by atoms with van der Waals surface area (Å²) in [4.78, 5) is 28.8. The molecule has 8 heteroatoms. The summed E-state index contributed by atoms with van der Waals surface area (Å²) in [5, 5.41) is 17.9. The molecule has 7 atom stereocenters. The fourth-order valence-corrected chi connectivity index (χ4v) is 7.74. The van der Waals surface area contributed by atoms with Crippen LogP contribution in [-0.2, 0) is 20.7 Å². The Bertz CT molecular complexity index is 1020. The van der Waals surface area contributed by atoms with Gasteiger partial charge in [0.1, 0.15) is 6.10 Å². The van der Waals surface area contributed by atoms with Gasteiger partial charge in [-0.15, -0.1) is 0 Å². The van der Waals surface area contributed by atoms with Crippen molar-refractivity contribution in [1.29, 1.82) is 0 Å². The number of fused-ring (bicyclic) bond motifs is 1. The van der Waals surface area contributed by atoms with Gasteiger partial charge in [0.2, 0.25) is 5.91 Å². The Morgan fingerprint density at radius 1 is 1.10 bits per heavy atom. The summed E-state index contributed by atoms with van der Waals surface area (Å²) in [6.07, 6.45) is 9.18. The van der Waals surface area contributed by atoms with Crippen molar-refractivity contribution < 1.29 is 24.2 Å². The van der Waals surface area contributed by atoms with Crippen molar-refractivity contribution in [3.05, 3.63) is 35.9 Å². The van der Waals surface area contributed by atoms with Gasteiger partial charge in [0.25, 0.3) is 0 Å². The fourth-order valence-electron chi connectivity index (χ4n) is 7.74. The number of carbonyl (C=O) groups is 2. The van der Waals surface area contributed by atoms with Crippen LogP contribution in [0.5, 0.6) is 0 Å². The average Bonchev–Trinajstić information content (AvgIpc) is 3.56. The van der Waals surface area contributed by atoms with Gasteiger partial charge in [-0.25, -0.2) is 4.79 Å². The van der Waals surface area contributed by atoms with Crippen LogP contribution >= 0.6 is 0 Å². The molecule has 8 nitrogen and oxygen atoms in total. The number of amides is 2. The Morgan fingerprint density at radius 3 is 2.56 bits per heavy atom. The van der Waals surface area contributed by atoms with Gasteiger partial charge in [0, 0.05) is 31.7 Å². The quantitative estimate of drug-likeness (QED) is 0.424. The lowest BCUT2D eigenvalue weighted by Gasteiger charge is -2.47. The highest BCUT2D eigenvalue weighted by atomic mass is 16.6. The number of likely N-dealkylation sites (tertiary alicyclic amines) is 1. The number of ether oxygens (including phenoxy) is 2. The second kappa shape index (κ2) is 13.0. The van der Waals surface area contributed by atoms with Crippen LogP contribution in [0, 0.1) is 11.8 Å². The van der Waals surface area contributed by atoms with Crippen LogP contribution < -0.4 is 10.6 Å². The molecule has 4 fully saturated rings. The van der Waals surface area contributed by atoms with E-state index in [1.807, 2.05) is 51.1 Å². The first-order valence-corrected chi connectivity index (χ1v) is 16.0. The average molecular weight is 570 g/mol. The van der Waals surface area contributed by atoms with E-state index in [2.05, 4.69) is 15.5 Å². The topological polar surface area (TPSA) is 100 Å². The van der Waals surface area contributed by atoms with Crippen molar-refractivity contribution >= 4 is 12.0 Å². The molecule has 5 rings (SSSR count). The zero-order valence-corrected chi connectivity index (χ0v) is 25.3.